The Bertz CT molecular complexity index is 1210. The maximum Gasteiger partial charge on any atom is 0.0552 e. The number of aromatic nitrogens is 1. The number of allylic oxidation sites excluding steroid dienone is 3. The maximum absolute atomic E-state index is 4.25. The Labute approximate surface area is 189 Å². The summed E-state index contributed by atoms with van der Waals surface area (Å²) in [6.45, 7) is 9.58. The first-order valence-corrected chi connectivity index (χ1v) is 13.9. The molecule has 0 spiro atoms. The molecule has 2 aromatic carbocycles. The Kier molecular flexibility index (Phi) is 4.91. The molecule has 2 atom stereocenters. The quantitative estimate of drug-likeness (QED) is 0.354. The second-order valence-electron chi connectivity index (χ2n) is 8.68. The summed E-state index contributed by atoms with van der Waals surface area (Å²) in [6, 6.07) is 17.8. The number of halogens is 1. The second kappa shape index (κ2) is 7.47. The summed E-state index contributed by atoms with van der Waals surface area (Å²) in [5.41, 5.74) is 13.4. The van der Waals surface area contributed by atoms with Crippen LogP contribution in [0.15, 0.2) is 76.5 Å². The van der Waals surface area contributed by atoms with Crippen molar-refractivity contribution in [2.24, 2.45) is 0 Å². The summed E-state index contributed by atoms with van der Waals surface area (Å²) >= 11 is 3.78. The van der Waals surface area contributed by atoms with Gasteiger partial charge < -0.3 is 0 Å². The van der Waals surface area contributed by atoms with E-state index >= 15 is 0 Å². The Morgan fingerprint density at radius 3 is 2.33 bits per heavy atom. The van der Waals surface area contributed by atoms with Gasteiger partial charge in [-0.25, -0.2) is 0 Å². The number of fused-ring (bicyclic) bond motifs is 2. The van der Waals surface area contributed by atoms with E-state index in [4.69, 9.17) is 0 Å². The Morgan fingerprint density at radius 2 is 1.60 bits per heavy atom. The monoisotopic (exact) mass is 470 g/mol. The number of nitrogens with zero attached hydrogens (tertiary/aromatic N) is 1. The van der Waals surface area contributed by atoms with Crippen molar-refractivity contribution in [2.45, 2.75) is 38.4 Å². The number of pyridine rings is 1. The van der Waals surface area contributed by atoms with Gasteiger partial charge in [0.05, 0.1) is 8.80 Å². The molecule has 0 amide bonds. The molecule has 0 bridgehead atoms. The van der Waals surface area contributed by atoms with E-state index in [1.165, 1.54) is 49.0 Å². The minimum absolute atomic E-state index is 0.325. The summed E-state index contributed by atoms with van der Waals surface area (Å²) in [4.78, 5) is 4.25. The summed E-state index contributed by atoms with van der Waals surface area (Å²) in [6.07, 6.45) is 6.18. The summed E-state index contributed by atoms with van der Waals surface area (Å²) in [5.74, 6) is 0.325. The van der Waals surface area contributed by atoms with E-state index < -0.39 is 8.80 Å². The Hall–Kier alpha value is -2.23. The highest BCUT2D eigenvalue weighted by molar-refractivity contribution is 9.10. The van der Waals surface area contributed by atoms with Crippen LogP contribution in [0.2, 0.25) is 13.1 Å². The molecule has 2 unspecified atom stereocenters. The van der Waals surface area contributed by atoms with E-state index in [0.29, 0.717) is 11.5 Å². The van der Waals surface area contributed by atoms with Gasteiger partial charge in [0.15, 0.2) is 0 Å². The van der Waals surface area contributed by atoms with Gasteiger partial charge in [0.1, 0.15) is 0 Å². The molecule has 3 heteroatoms. The molecule has 149 valence electrons. The summed E-state index contributed by atoms with van der Waals surface area (Å²) in [5, 5.41) is 0. The van der Waals surface area contributed by atoms with Crippen molar-refractivity contribution in [2.75, 3.05) is 0 Å². The van der Waals surface area contributed by atoms with Gasteiger partial charge >= 0.3 is 0 Å². The molecule has 2 aliphatic carbocycles. The fraction of sp³-hybridized carbons (Fsp3) is 0.222. The molecular formula is C27H25BrNSi. The van der Waals surface area contributed by atoms with Gasteiger partial charge in [0.25, 0.3) is 0 Å². The molecule has 0 fully saturated rings. The van der Waals surface area contributed by atoms with Crippen molar-refractivity contribution >= 4 is 36.4 Å². The van der Waals surface area contributed by atoms with Crippen LogP contribution >= 0.6 is 15.9 Å². The van der Waals surface area contributed by atoms with Gasteiger partial charge in [0.2, 0.25) is 0 Å². The smallest absolute Gasteiger partial charge is 0.0552 e. The van der Waals surface area contributed by atoms with E-state index in [1.807, 2.05) is 12.4 Å². The third-order valence-corrected chi connectivity index (χ3v) is 9.21. The second-order valence-corrected chi connectivity index (χ2v) is 12.3. The third kappa shape index (κ3) is 2.90. The molecule has 30 heavy (non-hydrogen) atoms. The van der Waals surface area contributed by atoms with E-state index in [2.05, 4.69) is 102 Å². The highest BCUT2D eigenvalue weighted by Gasteiger charge is 2.39. The largest absolute Gasteiger partial charge is 0.265 e. The van der Waals surface area contributed by atoms with Crippen molar-refractivity contribution in [1.29, 1.82) is 0 Å². The maximum atomic E-state index is 4.25. The average Bonchev–Trinajstić information content (AvgIpc) is 3.22. The van der Waals surface area contributed by atoms with Crippen LogP contribution in [0.5, 0.6) is 0 Å². The Morgan fingerprint density at radius 1 is 0.900 bits per heavy atom. The fourth-order valence-electron chi connectivity index (χ4n) is 5.48. The van der Waals surface area contributed by atoms with Crippen LogP contribution < -0.4 is 0 Å². The first-order valence-electron chi connectivity index (χ1n) is 10.5. The third-order valence-electron chi connectivity index (χ3n) is 6.62. The van der Waals surface area contributed by atoms with Crippen LogP contribution in [0.1, 0.15) is 47.6 Å². The van der Waals surface area contributed by atoms with Crippen LogP contribution in [0.3, 0.4) is 0 Å². The van der Waals surface area contributed by atoms with E-state index in [0.717, 1.165) is 0 Å². The molecule has 0 saturated heterocycles. The molecule has 0 saturated carbocycles. The van der Waals surface area contributed by atoms with Gasteiger partial charge in [-0.3, -0.25) is 4.98 Å². The lowest BCUT2D eigenvalue weighted by molar-refractivity contribution is 1.03. The van der Waals surface area contributed by atoms with Crippen molar-refractivity contribution in [1.82, 2.24) is 4.98 Å². The molecule has 2 aliphatic rings. The van der Waals surface area contributed by atoms with Crippen LogP contribution in [0.4, 0.5) is 0 Å². The van der Waals surface area contributed by atoms with Gasteiger partial charge in [-0.2, -0.15) is 0 Å². The zero-order chi connectivity index (χ0) is 21.0. The topological polar surface area (TPSA) is 12.9 Å². The zero-order valence-corrected chi connectivity index (χ0v) is 20.4. The minimum atomic E-state index is -0.533. The first-order chi connectivity index (χ1) is 14.5. The number of hydrogen-bond acceptors (Lipinski definition) is 1. The summed E-state index contributed by atoms with van der Waals surface area (Å²) < 4.78 is 1.19. The predicted octanol–water partition coefficient (Wildman–Crippen LogP) is 7.88. The molecule has 1 heterocycles. The average molecular weight is 471 g/mol. The van der Waals surface area contributed by atoms with Gasteiger partial charge in [-0.15, -0.1) is 0 Å². The molecule has 1 aromatic heterocycles. The minimum Gasteiger partial charge on any atom is -0.265 e. The SMILES string of the molecule is CC1=Cc2c(Br)cccc2C1C1=C(C)C([Si](C)C)c2cccc(-c3ccncc3)c21. The zero-order valence-electron chi connectivity index (χ0n) is 17.8. The van der Waals surface area contributed by atoms with Crippen LogP contribution in [-0.2, 0) is 0 Å². The molecule has 5 rings (SSSR count). The number of hydrogen-bond donors (Lipinski definition) is 0. The fourth-order valence-corrected chi connectivity index (χ4v) is 7.86. The lowest BCUT2D eigenvalue weighted by Crippen LogP contribution is -2.15. The van der Waals surface area contributed by atoms with Crippen LogP contribution in [-0.4, -0.2) is 13.8 Å². The lowest BCUT2D eigenvalue weighted by atomic mass is 9.82. The first kappa shape index (κ1) is 19.7. The summed E-state index contributed by atoms with van der Waals surface area (Å²) in [7, 11) is -0.533. The van der Waals surface area contributed by atoms with Crippen molar-refractivity contribution in [3.63, 3.8) is 0 Å². The number of benzene rings is 2. The van der Waals surface area contributed by atoms with Gasteiger partial charge in [-0.05, 0) is 76.5 Å². The van der Waals surface area contributed by atoms with E-state index in [1.54, 1.807) is 5.57 Å². The van der Waals surface area contributed by atoms with Crippen molar-refractivity contribution in [3.05, 3.63) is 98.8 Å². The molecule has 1 radical (unpaired) electrons. The number of rotatable bonds is 3. The Balaban J connectivity index is 1.80. The molecule has 0 aliphatic heterocycles. The van der Waals surface area contributed by atoms with E-state index in [-0.39, 0.29) is 0 Å². The molecule has 0 N–H and O–H groups in total. The molecule has 3 aromatic rings. The van der Waals surface area contributed by atoms with Crippen LogP contribution in [0, 0.1) is 0 Å². The standard InChI is InChI=1S/C27H25BrNSi/c1-16-15-22-20(8-6-10-23(22)28)24(16)25-17(2)27(30(3)4)21-9-5-7-19(26(21)25)18-11-13-29-14-12-18/h5-15,24,27H,1-4H3. The lowest BCUT2D eigenvalue weighted by Gasteiger charge is -2.22. The molecule has 1 nitrogen and oxygen atoms in total. The van der Waals surface area contributed by atoms with Gasteiger partial charge in [-0.1, -0.05) is 76.6 Å². The van der Waals surface area contributed by atoms with Crippen molar-refractivity contribution in [3.8, 4) is 11.1 Å². The normalized spacial score (nSPS) is 19.9. The molecular weight excluding hydrogens is 446 g/mol. The van der Waals surface area contributed by atoms with E-state index in [9.17, 15) is 0 Å². The highest BCUT2D eigenvalue weighted by Crippen LogP contribution is 2.56. The predicted molar refractivity (Wildman–Crippen MR) is 133 cm³/mol. The highest BCUT2D eigenvalue weighted by atomic mass is 79.9. The van der Waals surface area contributed by atoms with Crippen molar-refractivity contribution < 1.29 is 0 Å². The van der Waals surface area contributed by atoms with Crippen LogP contribution in [0.25, 0.3) is 22.8 Å². The van der Waals surface area contributed by atoms with Gasteiger partial charge in [0, 0.05) is 22.8 Å².